The molecule has 2 heterocycles. The fraction of sp³-hybridized carbons (Fsp3) is 0.188. The highest BCUT2D eigenvalue weighted by Gasteiger charge is 2.44. The van der Waals surface area contributed by atoms with E-state index in [-0.39, 0.29) is 16.3 Å². The smallest absolute Gasteiger partial charge is 0.429 e. The second-order valence-corrected chi connectivity index (χ2v) is 6.42. The van der Waals surface area contributed by atoms with Crippen molar-refractivity contribution >= 4 is 22.9 Å². The van der Waals surface area contributed by atoms with Gasteiger partial charge in [0.2, 0.25) is 6.10 Å². The number of benzene rings is 1. The molecule has 0 bridgehead atoms. The summed E-state index contributed by atoms with van der Waals surface area (Å²) in [6.45, 7) is 1.75. The topological polar surface area (TPSA) is 27.1 Å². The number of halogens is 4. The third kappa shape index (κ3) is 3.57. The van der Waals surface area contributed by atoms with Crippen LogP contribution in [0.1, 0.15) is 17.4 Å². The molecule has 0 aliphatic rings. The Kier molecular flexibility index (Phi) is 4.56. The summed E-state index contributed by atoms with van der Waals surface area (Å²) in [5.74, 6) is 0. The Morgan fingerprint density at radius 2 is 2.04 bits per heavy atom. The maximum Gasteiger partial charge on any atom is 0.429 e. The lowest BCUT2D eigenvalue weighted by atomic mass is 10.1. The van der Waals surface area contributed by atoms with Crippen molar-refractivity contribution in [1.29, 1.82) is 0 Å². The molecule has 0 radical (unpaired) electrons. The predicted molar refractivity (Wildman–Crippen MR) is 87.1 cm³/mol. The van der Waals surface area contributed by atoms with Crippen molar-refractivity contribution in [3.63, 3.8) is 0 Å². The van der Waals surface area contributed by atoms with Crippen LogP contribution in [-0.2, 0) is 0 Å². The maximum absolute atomic E-state index is 13.6. The largest absolute Gasteiger partial charge is 0.467 e. The number of alkyl halides is 3. The van der Waals surface area contributed by atoms with Gasteiger partial charge in [0.1, 0.15) is 0 Å². The first-order valence-electron chi connectivity index (χ1n) is 6.93. The zero-order valence-electron chi connectivity index (χ0n) is 12.4. The summed E-state index contributed by atoms with van der Waals surface area (Å²) < 4.78 is 47.4. The quantitative estimate of drug-likeness (QED) is 0.598. The molecule has 3 rings (SSSR count). The fourth-order valence-electron chi connectivity index (χ4n) is 2.24. The van der Waals surface area contributed by atoms with Crippen molar-refractivity contribution in [3.05, 3.63) is 64.3 Å². The van der Waals surface area contributed by atoms with E-state index in [4.69, 9.17) is 16.3 Å². The highest BCUT2D eigenvalue weighted by atomic mass is 35.5. The van der Waals surface area contributed by atoms with Crippen LogP contribution in [0.4, 0.5) is 13.2 Å². The molecular formula is C16H12ClF3N2OS. The van der Waals surface area contributed by atoms with Crippen LogP contribution < -0.4 is 4.74 Å². The molecule has 0 spiro atoms. The van der Waals surface area contributed by atoms with E-state index in [1.165, 1.54) is 28.9 Å². The van der Waals surface area contributed by atoms with Crippen LogP contribution in [0.3, 0.4) is 0 Å². The average Bonchev–Trinajstić information content (AvgIpc) is 3.15. The molecule has 0 aliphatic carbocycles. The first kappa shape index (κ1) is 16.9. The van der Waals surface area contributed by atoms with Gasteiger partial charge in [-0.1, -0.05) is 17.7 Å². The molecule has 3 aromatic rings. The lowest BCUT2D eigenvalue weighted by Gasteiger charge is -2.23. The van der Waals surface area contributed by atoms with E-state index in [9.17, 15) is 13.2 Å². The van der Waals surface area contributed by atoms with Crippen LogP contribution in [0.25, 0.3) is 5.69 Å². The van der Waals surface area contributed by atoms with Gasteiger partial charge >= 0.3 is 6.18 Å². The molecule has 0 saturated heterocycles. The molecule has 0 fully saturated rings. The molecule has 0 aliphatic heterocycles. The van der Waals surface area contributed by atoms with Crippen LogP contribution in [-0.4, -0.2) is 16.0 Å². The van der Waals surface area contributed by atoms with Crippen molar-refractivity contribution in [1.82, 2.24) is 9.78 Å². The van der Waals surface area contributed by atoms with E-state index in [2.05, 4.69) is 5.10 Å². The molecule has 0 unspecified atom stereocenters. The van der Waals surface area contributed by atoms with Crippen LogP contribution in [0, 0.1) is 6.92 Å². The summed E-state index contributed by atoms with van der Waals surface area (Å²) >= 11 is 7.07. The van der Waals surface area contributed by atoms with Crippen molar-refractivity contribution in [2.45, 2.75) is 19.2 Å². The van der Waals surface area contributed by atoms with Gasteiger partial charge in [0.25, 0.3) is 0 Å². The van der Waals surface area contributed by atoms with Gasteiger partial charge in [-0.05, 0) is 42.6 Å². The maximum atomic E-state index is 13.6. The van der Waals surface area contributed by atoms with Gasteiger partial charge in [-0.2, -0.15) is 18.3 Å². The molecule has 126 valence electrons. The molecule has 8 heteroatoms. The number of aromatic nitrogens is 2. The van der Waals surface area contributed by atoms with Gasteiger partial charge in [-0.3, -0.25) is 0 Å². The second-order valence-electron chi connectivity index (χ2n) is 5.08. The molecule has 1 atom stereocenters. The Labute approximate surface area is 145 Å². The minimum atomic E-state index is -4.59. The lowest BCUT2D eigenvalue weighted by Crippen LogP contribution is -2.27. The van der Waals surface area contributed by atoms with Gasteiger partial charge in [0, 0.05) is 16.8 Å². The Balaban J connectivity index is 2.10. The summed E-state index contributed by atoms with van der Waals surface area (Å²) in [6, 6.07) is 9.01. The average molecular weight is 373 g/mol. The van der Waals surface area contributed by atoms with Crippen molar-refractivity contribution in [3.8, 4) is 10.8 Å². The fourth-order valence-corrected chi connectivity index (χ4v) is 3.01. The van der Waals surface area contributed by atoms with Gasteiger partial charge in [-0.25, -0.2) is 4.68 Å². The number of ether oxygens (including phenoxy) is 1. The van der Waals surface area contributed by atoms with E-state index < -0.39 is 12.3 Å². The van der Waals surface area contributed by atoms with Gasteiger partial charge in [0.05, 0.1) is 11.4 Å². The molecular weight excluding hydrogens is 361 g/mol. The number of thiophene rings is 1. The highest BCUT2D eigenvalue weighted by molar-refractivity contribution is 7.11. The van der Waals surface area contributed by atoms with Crippen LogP contribution in [0.5, 0.6) is 5.06 Å². The first-order valence-corrected chi connectivity index (χ1v) is 8.19. The number of nitrogens with zero attached hydrogens (tertiary/aromatic N) is 2. The van der Waals surface area contributed by atoms with Crippen molar-refractivity contribution in [2.24, 2.45) is 0 Å². The summed E-state index contributed by atoms with van der Waals surface area (Å²) in [5, 5.41) is 6.35. The zero-order valence-corrected chi connectivity index (χ0v) is 14.0. The third-order valence-corrected chi connectivity index (χ3v) is 4.26. The minimum absolute atomic E-state index is 0.0524. The molecule has 0 amide bonds. The number of rotatable bonds is 4. The predicted octanol–water partition coefficient (Wildman–Crippen LogP) is 5.58. The Morgan fingerprint density at radius 3 is 2.62 bits per heavy atom. The zero-order chi connectivity index (χ0) is 17.3. The van der Waals surface area contributed by atoms with Gasteiger partial charge in [-0.15, -0.1) is 11.3 Å². The molecule has 2 aromatic heterocycles. The number of aryl methyl sites for hydroxylation is 1. The summed E-state index contributed by atoms with van der Waals surface area (Å²) in [6.07, 6.45) is -5.12. The number of hydrogen-bond donors (Lipinski definition) is 0. The summed E-state index contributed by atoms with van der Waals surface area (Å²) in [4.78, 5) is 0. The van der Waals surface area contributed by atoms with Crippen LogP contribution in [0.15, 0.2) is 48.0 Å². The molecule has 1 aromatic carbocycles. The van der Waals surface area contributed by atoms with Crippen molar-refractivity contribution < 1.29 is 17.9 Å². The first-order chi connectivity index (χ1) is 11.3. The van der Waals surface area contributed by atoms with E-state index in [0.29, 0.717) is 10.7 Å². The molecule has 3 nitrogen and oxygen atoms in total. The molecule has 0 saturated carbocycles. The monoisotopic (exact) mass is 372 g/mol. The third-order valence-electron chi connectivity index (χ3n) is 3.27. The summed E-state index contributed by atoms with van der Waals surface area (Å²) in [7, 11) is 0. The molecule has 0 N–H and O–H groups in total. The second kappa shape index (κ2) is 6.49. The number of hydrogen-bond acceptors (Lipinski definition) is 3. The molecule has 24 heavy (non-hydrogen) atoms. The van der Waals surface area contributed by atoms with Gasteiger partial charge in [0.15, 0.2) is 5.06 Å². The van der Waals surface area contributed by atoms with E-state index >= 15 is 0 Å². The highest BCUT2D eigenvalue weighted by Crippen LogP contribution is 2.40. The Morgan fingerprint density at radius 1 is 1.25 bits per heavy atom. The van der Waals surface area contributed by atoms with Crippen molar-refractivity contribution in [2.75, 3.05) is 0 Å². The Bertz CT molecular complexity index is 830. The SMILES string of the molecule is Cc1ccn(-c2cc(Cl)ccc2[C@@H](Oc2cccs2)C(F)(F)F)n1. The minimum Gasteiger partial charge on any atom is -0.467 e. The normalized spacial score (nSPS) is 13.0. The van der Waals surface area contributed by atoms with Gasteiger partial charge < -0.3 is 4.74 Å². The summed E-state index contributed by atoms with van der Waals surface area (Å²) in [5.41, 5.74) is 0.863. The van der Waals surface area contributed by atoms with E-state index in [0.717, 1.165) is 11.3 Å². The lowest BCUT2D eigenvalue weighted by molar-refractivity contribution is -0.197. The van der Waals surface area contributed by atoms with E-state index in [1.807, 2.05) is 0 Å². The van der Waals surface area contributed by atoms with E-state index in [1.54, 1.807) is 30.6 Å². The Hall–Kier alpha value is -1.99. The van der Waals surface area contributed by atoms with Crippen LogP contribution >= 0.6 is 22.9 Å². The standard InChI is InChI=1S/C16H12ClF3N2OS/c1-10-6-7-22(21-10)13-9-11(17)4-5-12(13)15(16(18,19)20)23-14-3-2-8-24-14/h2-9,15H,1H3/t15-/m1/s1. The van der Waals surface area contributed by atoms with Crippen LogP contribution in [0.2, 0.25) is 5.02 Å².